The minimum absolute atomic E-state index is 0.248. The van der Waals surface area contributed by atoms with Crippen LogP contribution >= 0.6 is 11.3 Å². The zero-order valence-electron chi connectivity index (χ0n) is 15.0. The van der Waals surface area contributed by atoms with Gasteiger partial charge >= 0.3 is 0 Å². The lowest BCUT2D eigenvalue weighted by atomic mass is 10.1. The largest absolute Gasteiger partial charge is 0.382 e. The Morgan fingerprint density at radius 3 is 2.79 bits per heavy atom. The van der Waals surface area contributed by atoms with Gasteiger partial charge in [-0.15, -0.1) is 11.3 Å². The van der Waals surface area contributed by atoms with Crippen LogP contribution in [0.3, 0.4) is 0 Å². The van der Waals surface area contributed by atoms with Crippen LogP contribution < -0.4 is 10.6 Å². The lowest BCUT2D eigenvalue weighted by Crippen LogP contribution is -2.41. The molecule has 4 aromatic rings. The van der Waals surface area contributed by atoms with Crippen molar-refractivity contribution in [1.82, 2.24) is 19.5 Å². The van der Waals surface area contributed by atoms with Crippen molar-refractivity contribution in [2.75, 3.05) is 10.6 Å². The molecule has 0 saturated heterocycles. The Morgan fingerprint density at radius 2 is 1.96 bits per heavy atom. The van der Waals surface area contributed by atoms with Crippen molar-refractivity contribution in [3.05, 3.63) is 59.3 Å². The Hall–Kier alpha value is -3.30. The van der Waals surface area contributed by atoms with E-state index in [4.69, 9.17) is 10.7 Å². The lowest BCUT2D eigenvalue weighted by molar-refractivity contribution is 0.189. The summed E-state index contributed by atoms with van der Waals surface area (Å²) >= 11 is 1.49. The second kappa shape index (κ2) is 6.39. The fourth-order valence-corrected chi connectivity index (χ4v) is 4.26. The summed E-state index contributed by atoms with van der Waals surface area (Å²) in [4.78, 5) is 20.2. The van der Waals surface area contributed by atoms with Gasteiger partial charge in [0.2, 0.25) is 0 Å². The maximum atomic E-state index is 11.1. The molecule has 8 nitrogen and oxygen atoms in total. The highest BCUT2D eigenvalue weighted by molar-refractivity contribution is 7.10. The molecule has 5 rings (SSSR count). The molecule has 140 valence electrons. The number of aliphatic hydroxyl groups excluding tert-OH is 1. The number of para-hydroxylation sites is 1. The Bertz CT molecular complexity index is 1180. The van der Waals surface area contributed by atoms with Crippen molar-refractivity contribution in [1.29, 1.82) is 0 Å². The molecule has 2 atom stereocenters. The summed E-state index contributed by atoms with van der Waals surface area (Å²) in [6, 6.07) is 11.4. The van der Waals surface area contributed by atoms with Crippen LogP contribution in [0, 0.1) is 0 Å². The number of nitrogen functional groups attached to an aromatic ring is 1. The van der Waals surface area contributed by atoms with Gasteiger partial charge in [0.1, 0.15) is 17.7 Å². The smallest absolute Gasteiger partial charge is 0.169 e. The van der Waals surface area contributed by atoms with E-state index in [1.807, 2.05) is 58.2 Å². The number of nitrogens with zero attached hydrogens (tertiary/aromatic N) is 6. The van der Waals surface area contributed by atoms with E-state index in [0.29, 0.717) is 22.8 Å². The summed E-state index contributed by atoms with van der Waals surface area (Å²) < 4.78 is 1.90. The number of aliphatic hydroxyl groups is 1. The maximum absolute atomic E-state index is 11.1. The van der Waals surface area contributed by atoms with E-state index in [1.165, 1.54) is 17.7 Å². The van der Waals surface area contributed by atoms with Gasteiger partial charge in [0.15, 0.2) is 17.7 Å². The number of aromatic nitrogens is 4. The summed E-state index contributed by atoms with van der Waals surface area (Å²) in [5.74, 6) is 1.03. The Balaban J connectivity index is 1.67. The van der Waals surface area contributed by atoms with Crippen molar-refractivity contribution in [3.63, 3.8) is 0 Å². The molecule has 0 radical (unpaired) electrons. The number of anilines is 2. The minimum atomic E-state index is -0.818. The third-order valence-corrected chi connectivity index (χ3v) is 5.79. The first kappa shape index (κ1) is 16.8. The van der Waals surface area contributed by atoms with Gasteiger partial charge < -0.3 is 15.4 Å². The number of hydrogen-bond donors (Lipinski definition) is 2. The fourth-order valence-electron chi connectivity index (χ4n) is 3.45. The van der Waals surface area contributed by atoms with Gasteiger partial charge in [-0.25, -0.2) is 19.9 Å². The van der Waals surface area contributed by atoms with Crippen molar-refractivity contribution >= 4 is 45.5 Å². The van der Waals surface area contributed by atoms with Crippen molar-refractivity contribution < 1.29 is 5.11 Å². The molecule has 9 heteroatoms. The third kappa shape index (κ3) is 2.48. The second-order valence-electron chi connectivity index (χ2n) is 6.48. The van der Waals surface area contributed by atoms with E-state index < -0.39 is 6.23 Å². The molecule has 0 fully saturated rings. The standard InChI is InChI=1S/C19H17N7OS/c1-11(25-10-23-14-16(20)21-9-22-18(14)25)17-24-13-7-8-28-15(13)19(27)26(17)12-5-3-2-4-6-12/h2-11,19,27H,1H3,(H2,20,21,22). The van der Waals surface area contributed by atoms with E-state index in [1.54, 1.807) is 6.33 Å². The summed E-state index contributed by atoms with van der Waals surface area (Å²) in [7, 11) is 0. The normalized spacial score (nSPS) is 17.4. The highest BCUT2D eigenvalue weighted by Crippen LogP contribution is 2.41. The molecule has 0 aliphatic carbocycles. The first-order valence-electron chi connectivity index (χ1n) is 8.76. The van der Waals surface area contributed by atoms with Crippen LogP contribution in [-0.2, 0) is 0 Å². The number of amidine groups is 1. The predicted octanol–water partition coefficient (Wildman–Crippen LogP) is 3.27. The van der Waals surface area contributed by atoms with E-state index in [-0.39, 0.29) is 6.04 Å². The quantitative estimate of drug-likeness (QED) is 0.555. The summed E-state index contributed by atoms with van der Waals surface area (Å²) in [5, 5.41) is 13.1. The average Bonchev–Trinajstić information content (AvgIpc) is 3.36. The van der Waals surface area contributed by atoms with Crippen LogP contribution in [-0.4, -0.2) is 30.5 Å². The van der Waals surface area contributed by atoms with Crippen LogP contribution in [0.15, 0.2) is 59.4 Å². The van der Waals surface area contributed by atoms with E-state index >= 15 is 0 Å². The SMILES string of the molecule is CC(C1=Nc2ccsc2C(O)N1c1ccccc1)n1cnc2c(N)ncnc21. The van der Waals surface area contributed by atoms with Crippen molar-refractivity contribution in [2.24, 2.45) is 4.99 Å². The van der Waals surface area contributed by atoms with Gasteiger partial charge in [0.25, 0.3) is 0 Å². The van der Waals surface area contributed by atoms with E-state index in [0.717, 1.165) is 16.3 Å². The highest BCUT2D eigenvalue weighted by Gasteiger charge is 2.34. The maximum Gasteiger partial charge on any atom is 0.169 e. The number of aliphatic imine (C=N–C) groups is 1. The van der Waals surface area contributed by atoms with Gasteiger partial charge in [-0.2, -0.15) is 0 Å². The molecule has 1 aliphatic heterocycles. The van der Waals surface area contributed by atoms with Crippen molar-refractivity contribution in [3.8, 4) is 0 Å². The number of imidazole rings is 1. The molecule has 2 unspecified atom stereocenters. The van der Waals surface area contributed by atoms with Gasteiger partial charge in [0.05, 0.1) is 22.9 Å². The number of rotatable bonds is 3. The van der Waals surface area contributed by atoms with Crippen LogP contribution in [0.2, 0.25) is 0 Å². The molecule has 28 heavy (non-hydrogen) atoms. The molecule has 3 aromatic heterocycles. The van der Waals surface area contributed by atoms with E-state index in [9.17, 15) is 5.11 Å². The van der Waals surface area contributed by atoms with Gasteiger partial charge in [-0.3, -0.25) is 4.90 Å². The zero-order valence-corrected chi connectivity index (χ0v) is 15.8. The number of thiophene rings is 1. The summed E-state index contributed by atoms with van der Waals surface area (Å²) in [6.45, 7) is 2.00. The Labute approximate surface area is 164 Å². The fraction of sp³-hybridized carbons (Fsp3) is 0.158. The molecule has 4 heterocycles. The molecule has 0 amide bonds. The second-order valence-corrected chi connectivity index (χ2v) is 7.43. The summed E-state index contributed by atoms with van der Waals surface area (Å²) in [5.41, 5.74) is 8.75. The molecular weight excluding hydrogens is 374 g/mol. The number of fused-ring (bicyclic) bond motifs is 2. The van der Waals surface area contributed by atoms with E-state index in [2.05, 4.69) is 15.0 Å². The topological polar surface area (TPSA) is 105 Å². The number of hydrogen-bond acceptors (Lipinski definition) is 8. The Kier molecular flexibility index (Phi) is 3.85. The zero-order chi connectivity index (χ0) is 19.3. The third-order valence-electron chi connectivity index (χ3n) is 4.85. The Morgan fingerprint density at radius 1 is 1.14 bits per heavy atom. The lowest BCUT2D eigenvalue weighted by Gasteiger charge is -2.36. The molecule has 0 saturated carbocycles. The molecule has 0 bridgehead atoms. The molecular formula is C19H17N7OS. The van der Waals surface area contributed by atoms with Gasteiger partial charge in [-0.05, 0) is 30.5 Å². The van der Waals surface area contributed by atoms with Crippen LogP contribution in [0.5, 0.6) is 0 Å². The molecule has 0 spiro atoms. The molecule has 3 N–H and O–H groups in total. The number of benzene rings is 1. The molecule has 1 aromatic carbocycles. The molecule has 1 aliphatic rings. The van der Waals surface area contributed by atoms with Gasteiger partial charge in [-0.1, -0.05) is 18.2 Å². The summed E-state index contributed by atoms with van der Waals surface area (Å²) in [6.07, 6.45) is 2.29. The average molecular weight is 391 g/mol. The van der Waals surface area contributed by atoms with Crippen LogP contribution in [0.1, 0.15) is 24.1 Å². The van der Waals surface area contributed by atoms with Crippen LogP contribution in [0.25, 0.3) is 11.2 Å². The van der Waals surface area contributed by atoms with Crippen LogP contribution in [0.4, 0.5) is 17.2 Å². The first-order valence-corrected chi connectivity index (χ1v) is 9.64. The van der Waals surface area contributed by atoms with Crippen molar-refractivity contribution in [2.45, 2.75) is 19.2 Å². The van der Waals surface area contributed by atoms with Gasteiger partial charge in [0, 0.05) is 5.69 Å². The monoisotopic (exact) mass is 391 g/mol. The first-order chi connectivity index (χ1) is 13.6. The highest BCUT2D eigenvalue weighted by atomic mass is 32.1. The predicted molar refractivity (Wildman–Crippen MR) is 110 cm³/mol. The minimum Gasteiger partial charge on any atom is -0.382 e. The number of nitrogens with two attached hydrogens (primary N) is 1.